The summed E-state index contributed by atoms with van der Waals surface area (Å²) in [4.78, 5) is 11.5. The summed E-state index contributed by atoms with van der Waals surface area (Å²) in [5.41, 5.74) is 0.884. The summed E-state index contributed by atoms with van der Waals surface area (Å²) in [6.45, 7) is 3.53. The van der Waals surface area contributed by atoms with Crippen LogP contribution >= 0.6 is 0 Å². The molecule has 0 saturated heterocycles. The van der Waals surface area contributed by atoms with Crippen LogP contribution in [0.25, 0.3) is 10.8 Å². The number of carbonyl (C=O) groups excluding carboxylic acids is 1. The van der Waals surface area contributed by atoms with Gasteiger partial charge in [-0.15, -0.1) is 0 Å². The van der Waals surface area contributed by atoms with Crippen molar-refractivity contribution in [2.24, 2.45) is 0 Å². The van der Waals surface area contributed by atoms with Crippen molar-refractivity contribution in [1.82, 2.24) is 0 Å². The van der Waals surface area contributed by atoms with Crippen molar-refractivity contribution in [2.75, 3.05) is 14.2 Å². The molecule has 0 aromatic heterocycles. The summed E-state index contributed by atoms with van der Waals surface area (Å²) in [5, 5.41) is 1.74. The largest absolute Gasteiger partial charge is 0.492 e. The van der Waals surface area contributed by atoms with Gasteiger partial charge in [0.25, 0.3) is 0 Å². The molecule has 22 heavy (non-hydrogen) atoms. The predicted octanol–water partition coefficient (Wildman–Crippen LogP) is 4.12. The van der Waals surface area contributed by atoms with Crippen LogP contribution in [-0.4, -0.2) is 20.2 Å². The first-order valence-corrected chi connectivity index (χ1v) is 7.48. The molecule has 0 aliphatic heterocycles. The number of benzene rings is 2. The summed E-state index contributed by atoms with van der Waals surface area (Å²) >= 11 is 0. The van der Waals surface area contributed by atoms with Gasteiger partial charge in [-0.25, -0.2) is 0 Å². The molecule has 4 nitrogen and oxygen atoms in total. The van der Waals surface area contributed by atoms with E-state index >= 15 is 0 Å². The maximum Gasteiger partial charge on any atom is 0.308 e. The summed E-state index contributed by atoms with van der Waals surface area (Å²) in [5.74, 6) is 1.57. The SMILES string of the molecule is CCCCc1c(OC)c(OC)c2ccccc2c1OC(C)=O. The number of hydrogen-bond donors (Lipinski definition) is 0. The van der Waals surface area contributed by atoms with E-state index in [9.17, 15) is 4.79 Å². The Morgan fingerprint density at radius 2 is 1.59 bits per heavy atom. The molecule has 0 heterocycles. The Labute approximate surface area is 131 Å². The Morgan fingerprint density at radius 3 is 2.09 bits per heavy atom. The van der Waals surface area contributed by atoms with E-state index in [2.05, 4.69) is 6.92 Å². The third-order valence-electron chi connectivity index (χ3n) is 3.61. The minimum atomic E-state index is -0.338. The van der Waals surface area contributed by atoms with Crippen molar-refractivity contribution < 1.29 is 19.0 Å². The van der Waals surface area contributed by atoms with Crippen molar-refractivity contribution in [3.8, 4) is 17.2 Å². The van der Waals surface area contributed by atoms with E-state index in [1.54, 1.807) is 14.2 Å². The highest BCUT2D eigenvalue weighted by Crippen LogP contribution is 2.46. The molecule has 0 fully saturated rings. The minimum absolute atomic E-state index is 0.338. The van der Waals surface area contributed by atoms with E-state index in [4.69, 9.17) is 14.2 Å². The van der Waals surface area contributed by atoms with E-state index in [0.717, 1.165) is 35.6 Å². The van der Waals surface area contributed by atoms with E-state index < -0.39 is 0 Å². The number of fused-ring (bicyclic) bond motifs is 1. The first-order valence-electron chi connectivity index (χ1n) is 7.48. The molecule has 4 heteroatoms. The highest BCUT2D eigenvalue weighted by molar-refractivity contribution is 5.98. The van der Waals surface area contributed by atoms with Crippen LogP contribution in [0.3, 0.4) is 0 Å². The lowest BCUT2D eigenvalue weighted by Crippen LogP contribution is -2.07. The third-order valence-corrected chi connectivity index (χ3v) is 3.61. The van der Waals surface area contributed by atoms with Gasteiger partial charge < -0.3 is 14.2 Å². The molecule has 0 unspecified atom stereocenters. The molecule has 0 atom stereocenters. The molecule has 0 saturated carbocycles. The third kappa shape index (κ3) is 3.01. The van der Waals surface area contributed by atoms with E-state index in [-0.39, 0.29) is 5.97 Å². The molecule has 2 aromatic carbocycles. The van der Waals surface area contributed by atoms with Gasteiger partial charge >= 0.3 is 5.97 Å². The maximum atomic E-state index is 11.5. The number of esters is 1. The average molecular weight is 302 g/mol. The van der Waals surface area contributed by atoms with Crippen molar-refractivity contribution in [2.45, 2.75) is 33.1 Å². The van der Waals surface area contributed by atoms with Gasteiger partial charge in [-0.1, -0.05) is 37.6 Å². The number of ether oxygens (including phenoxy) is 3. The normalized spacial score (nSPS) is 10.5. The summed E-state index contributed by atoms with van der Waals surface area (Å²) in [6.07, 6.45) is 2.79. The Kier molecular flexibility index (Phi) is 5.26. The summed E-state index contributed by atoms with van der Waals surface area (Å²) < 4.78 is 16.7. The van der Waals surface area contributed by atoms with Crippen molar-refractivity contribution >= 4 is 16.7 Å². The van der Waals surface area contributed by atoms with Crippen LogP contribution in [0.4, 0.5) is 0 Å². The molecule has 0 aliphatic rings. The van der Waals surface area contributed by atoms with Crippen LogP contribution in [-0.2, 0) is 11.2 Å². The monoisotopic (exact) mass is 302 g/mol. The Bertz CT molecular complexity index is 676. The first-order chi connectivity index (χ1) is 10.6. The highest BCUT2D eigenvalue weighted by Gasteiger charge is 2.22. The lowest BCUT2D eigenvalue weighted by atomic mass is 9.99. The number of hydrogen-bond acceptors (Lipinski definition) is 4. The molecule has 118 valence electrons. The fourth-order valence-electron chi connectivity index (χ4n) is 2.66. The standard InChI is InChI=1S/C18H22O4/c1-5-6-9-15-16(22-12(2)19)13-10-7-8-11-14(13)17(20-3)18(15)21-4/h7-8,10-11H,5-6,9H2,1-4H3. The second-order valence-electron chi connectivity index (χ2n) is 5.12. The second kappa shape index (κ2) is 7.16. The molecule has 2 rings (SSSR count). The summed E-state index contributed by atoms with van der Waals surface area (Å²) in [6, 6.07) is 7.72. The van der Waals surface area contributed by atoms with Gasteiger partial charge in [-0.2, -0.15) is 0 Å². The zero-order chi connectivity index (χ0) is 16.1. The van der Waals surface area contributed by atoms with Crippen LogP contribution in [0.2, 0.25) is 0 Å². The van der Waals surface area contributed by atoms with Gasteiger partial charge in [0.05, 0.1) is 14.2 Å². The molecular formula is C18H22O4. The molecular weight excluding hydrogens is 280 g/mol. The maximum absolute atomic E-state index is 11.5. The smallest absolute Gasteiger partial charge is 0.308 e. The zero-order valence-corrected chi connectivity index (χ0v) is 13.6. The highest BCUT2D eigenvalue weighted by atomic mass is 16.5. The topological polar surface area (TPSA) is 44.8 Å². The van der Waals surface area contributed by atoms with Crippen LogP contribution in [0.5, 0.6) is 17.2 Å². The quantitative estimate of drug-likeness (QED) is 0.594. The number of carbonyl (C=O) groups is 1. The molecule has 0 bridgehead atoms. The second-order valence-corrected chi connectivity index (χ2v) is 5.12. The fraction of sp³-hybridized carbons (Fsp3) is 0.389. The summed E-state index contributed by atoms with van der Waals surface area (Å²) in [7, 11) is 3.24. The van der Waals surface area contributed by atoms with Crippen LogP contribution in [0.1, 0.15) is 32.3 Å². The minimum Gasteiger partial charge on any atom is -0.492 e. The number of rotatable bonds is 6. The predicted molar refractivity (Wildman–Crippen MR) is 87.0 cm³/mol. The number of unbranched alkanes of at least 4 members (excludes halogenated alkanes) is 1. The lowest BCUT2D eigenvalue weighted by Gasteiger charge is -2.19. The Hall–Kier alpha value is -2.23. The van der Waals surface area contributed by atoms with Crippen LogP contribution in [0, 0.1) is 0 Å². The fourth-order valence-corrected chi connectivity index (χ4v) is 2.66. The van der Waals surface area contributed by atoms with E-state index in [1.807, 2.05) is 24.3 Å². The number of methoxy groups -OCH3 is 2. The van der Waals surface area contributed by atoms with Gasteiger partial charge in [0.2, 0.25) is 0 Å². The van der Waals surface area contributed by atoms with E-state index in [1.165, 1.54) is 6.92 Å². The van der Waals surface area contributed by atoms with Crippen molar-refractivity contribution in [3.05, 3.63) is 29.8 Å². The van der Waals surface area contributed by atoms with E-state index in [0.29, 0.717) is 17.2 Å². The first kappa shape index (κ1) is 16.1. The van der Waals surface area contributed by atoms with Gasteiger partial charge in [-0.05, 0) is 12.8 Å². The van der Waals surface area contributed by atoms with Gasteiger partial charge in [0, 0.05) is 23.3 Å². The van der Waals surface area contributed by atoms with Crippen LogP contribution < -0.4 is 14.2 Å². The van der Waals surface area contributed by atoms with Gasteiger partial charge in [0.1, 0.15) is 5.75 Å². The van der Waals surface area contributed by atoms with Gasteiger partial charge in [0.15, 0.2) is 11.5 Å². The lowest BCUT2D eigenvalue weighted by molar-refractivity contribution is -0.131. The van der Waals surface area contributed by atoms with Crippen molar-refractivity contribution in [3.63, 3.8) is 0 Å². The average Bonchev–Trinajstić information content (AvgIpc) is 2.52. The Balaban J connectivity index is 2.81. The molecule has 0 spiro atoms. The molecule has 0 aliphatic carbocycles. The molecule has 0 amide bonds. The van der Waals surface area contributed by atoms with Gasteiger partial charge in [-0.3, -0.25) is 4.79 Å². The van der Waals surface area contributed by atoms with Crippen molar-refractivity contribution in [1.29, 1.82) is 0 Å². The Morgan fingerprint density at radius 1 is 1.00 bits per heavy atom. The molecule has 2 aromatic rings. The molecule has 0 N–H and O–H groups in total. The zero-order valence-electron chi connectivity index (χ0n) is 13.6. The molecule has 0 radical (unpaired) electrons. The van der Waals surface area contributed by atoms with Crippen LogP contribution in [0.15, 0.2) is 24.3 Å².